The molecule has 0 aliphatic heterocycles. The van der Waals surface area contributed by atoms with E-state index in [4.69, 9.17) is 55.6 Å². The van der Waals surface area contributed by atoms with Crippen LogP contribution >= 0.6 is 11.6 Å². The van der Waals surface area contributed by atoms with Crippen molar-refractivity contribution >= 4 is 23.8 Å². The van der Waals surface area contributed by atoms with Gasteiger partial charge in [0, 0.05) is 38.7 Å². The molecule has 0 saturated heterocycles. The van der Waals surface area contributed by atoms with Crippen LogP contribution in [0, 0.1) is 0 Å². The largest absolute Gasteiger partial charge is 0.447 e. The molecular formula is C24H47ClN4O10. The number of alkyl carbamates (subject to hydrolysis) is 1. The van der Waals surface area contributed by atoms with Crippen LogP contribution in [0.3, 0.4) is 0 Å². The Balaban J connectivity index is 3.27. The number of alkyl halides is 1. The predicted molar refractivity (Wildman–Crippen MR) is 144 cm³/mol. The highest BCUT2D eigenvalue weighted by Crippen LogP contribution is 2.01. The highest BCUT2D eigenvalue weighted by molar-refractivity contribution is 6.17. The topological polar surface area (TPSA) is 170 Å². The van der Waals surface area contributed by atoms with Gasteiger partial charge < -0.3 is 40.1 Å². The molecule has 0 aromatic rings. The van der Waals surface area contributed by atoms with E-state index in [2.05, 4.69) is 16.1 Å². The Kier molecular flexibility index (Phi) is 31.0. The number of ether oxygens (including phenoxy) is 5. The summed E-state index contributed by atoms with van der Waals surface area (Å²) in [4.78, 5) is 37.7. The Hall–Kier alpha value is -1.75. The van der Waals surface area contributed by atoms with Gasteiger partial charge in [-0.25, -0.2) is 19.4 Å². The molecule has 0 rings (SSSR count). The number of nitrogens with two attached hydrogens (primary N) is 1. The summed E-state index contributed by atoms with van der Waals surface area (Å²) in [5.74, 6) is 0.714. The Morgan fingerprint density at radius 1 is 0.692 bits per heavy atom. The summed E-state index contributed by atoms with van der Waals surface area (Å²) in [6.45, 7) is 5.51. The molecule has 5 N–H and O–H groups in total. The van der Waals surface area contributed by atoms with Gasteiger partial charge in [0.2, 0.25) is 0 Å². The fourth-order valence-electron chi connectivity index (χ4n) is 2.54. The lowest BCUT2D eigenvalue weighted by atomic mass is 10.2. The van der Waals surface area contributed by atoms with Crippen molar-refractivity contribution in [2.24, 2.45) is 5.73 Å². The van der Waals surface area contributed by atoms with Crippen molar-refractivity contribution in [2.45, 2.75) is 25.7 Å². The molecule has 0 aliphatic rings. The zero-order valence-corrected chi connectivity index (χ0v) is 23.6. The first-order valence-corrected chi connectivity index (χ1v) is 13.8. The molecule has 0 aromatic heterocycles. The number of carbonyl (C=O) groups excluding carboxylic acids is 2. The number of hydroxylamine groups is 1. The van der Waals surface area contributed by atoms with Crippen molar-refractivity contribution in [1.82, 2.24) is 16.1 Å². The third kappa shape index (κ3) is 32.4. The lowest BCUT2D eigenvalue weighted by Crippen LogP contribution is -2.29. The quantitative estimate of drug-likeness (QED) is 0.0326. The molecule has 0 heterocycles. The number of carbonyl (C=O) groups is 2. The van der Waals surface area contributed by atoms with Crippen LogP contribution in [0.5, 0.6) is 0 Å². The summed E-state index contributed by atoms with van der Waals surface area (Å²) < 4.78 is 25.8. The third-order valence-corrected chi connectivity index (χ3v) is 4.66. The molecule has 230 valence electrons. The third-order valence-electron chi connectivity index (χ3n) is 4.39. The second kappa shape index (κ2) is 32.5. The Morgan fingerprint density at radius 2 is 1.44 bits per heavy atom. The van der Waals surface area contributed by atoms with Gasteiger partial charge in [0.1, 0.15) is 19.8 Å². The van der Waals surface area contributed by atoms with Crippen LogP contribution in [-0.2, 0) is 38.3 Å². The van der Waals surface area contributed by atoms with Crippen LogP contribution in [0.4, 0.5) is 9.59 Å². The molecule has 14 nitrogen and oxygen atoms in total. The Labute approximate surface area is 236 Å². The van der Waals surface area contributed by atoms with Crippen LogP contribution < -0.4 is 21.8 Å². The van der Waals surface area contributed by atoms with Gasteiger partial charge in [-0.3, -0.25) is 4.84 Å². The molecule has 0 fully saturated rings. The van der Waals surface area contributed by atoms with Crippen LogP contribution in [-0.4, -0.2) is 117 Å². The van der Waals surface area contributed by atoms with Gasteiger partial charge in [-0.2, -0.15) is 5.48 Å². The molecule has 0 aliphatic carbocycles. The second-order valence-electron chi connectivity index (χ2n) is 7.66. The SMILES string of the molecule is NCCOCCONC(=O)OC/C=C/CNCCOOCCOC(=O)NCCOCCOCCCCCCCl. The van der Waals surface area contributed by atoms with Gasteiger partial charge in [0.05, 0.1) is 46.2 Å². The second-order valence-corrected chi connectivity index (χ2v) is 8.04. The van der Waals surface area contributed by atoms with E-state index in [0.29, 0.717) is 71.7 Å². The van der Waals surface area contributed by atoms with Crippen LogP contribution in [0.25, 0.3) is 0 Å². The lowest BCUT2D eigenvalue weighted by molar-refractivity contribution is -0.295. The maximum Gasteiger partial charge on any atom is 0.431 e. The smallest absolute Gasteiger partial charge is 0.431 e. The van der Waals surface area contributed by atoms with Gasteiger partial charge in [-0.1, -0.05) is 18.9 Å². The summed E-state index contributed by atoms with van der Waals surface area (Å²) in [7, 11) is 0. The average Bonchev–Trinajstić information content (AvgIpc) is 2.93. The summed E-state index contributed by atoms with van der Waals surface area (Å²) in [6.07, 6.45) is 6.58. The number of hydrogen-bond donors (Lipinski definition) is 4. The minimum absolute atomic E-state index is 0.0578. The van der Waals surface area contributed by atoms with Gasteiger partial charge in [0.25, 0.3) is 0 Å². The summed E-state index contributed by atoms with van der Waals surface area (Å²) in [6, 6.07) is 0. The monoisotopic (exact) mass is 586 g/mol. The standard InChI is InChI=1S/C24H47ClN4O10/c25-7-3-1-2-5-12-32-17-18-34-15-11-28-23(30)36-20-22-39-38-16-10-27-9-4-6-13-35-24(31)29-37-21-19-33-14-8-26/h4,6,27H,1-3,5,7-22,26H2,(H,28,30)(H,29,31)/b6-4+. The van der Waals surface area contributed by atoms with Crippen molar-refractivity contribution in [3.63, 3.8) is 0 Å². The molecule has 0 atom stereocenters. The maximum absolute atomic E-state index is 11.6. The van der Waals surface area contributed by atoms with E-state index < -0.39 is 12.2 Å². The molecule has 0 aromatic carbocycles. The first-order valence-electron chi connectivity index (χ1n) is 13.2. The van der Waals surface area contributed by atoms with E-state index in [0.717, 1.165) is 32.3 Å². The number of nitrogens with one attached hydrogen (secondary N) is 3. The molecule has 15 heteroatoms. The van der Waals surface area contributed by atoms with Crippen molar-refractivity contribution in [3.05, 3.63) is 12.2 Å². The predicted octanol–water partition coefficient (Wildman–Crippen LogP) is 1.27. The van der Waals surface area contributed by atoms with E-state index in [-0.39, 0.29) is 26.4 Å². The molecule has 39 heavy (non-hydrogen) atoms. The molecule has 0 spiro atoms. The highest BCUT2D eigenvalue weighted by Gasteiger charge is 2.02. The Morgan fingerprint density at radius 3 is 2.26 bits per heavy atom. The van der Waals surface area contributed by atoms with Crippen LogP contribution in [0.15, 0.2) is 12.2 Å². The van der Waals surface area contributed by atoms with Gasteiger partial charge in [-0.15, -0.1) is 11.6 Å². The number of unbranched alkanes of at least 4 members (excludes halogenated alkanes) is 3. The maximum atomic E-state index is 11.6. The van der Waals surface area contributed by atoms with Crippen LogP contribution in [0.1, 0.15) is 25.7 Å². The molecule has 2 amide bonds. The summed E-state index contributed by atoms with van der Waals surface area (Å²) >= 11 is 5.63. The normalized spacial score (nSPS) is 11.1. The number of amides is 2. The first-order chi connectivity index (χ1) is 19.2. The number of halogens is 1. The lowest BCUT2D eigenvalue weighted by Gasteiger charge is -2.08. The fourth-order valence-corrected chi connectivity index (χ4v) is 2.73. The molecule has 0 unspecified atom stereocenters. The van der Waals surface area contributed by atoms with E-state index in [1.807, 2.05) is 0 Å². The first kappa shape index (κ1) is 37.2. The summed E-state index contributed by atoms with van der Waals surface area (Å²) in [5.41, 5.74) is 7.41. The van der Waals surface area contributed by atoms with E-state index in [1.165, 1.54) is 0 Å². The van der Waals surface area contributed by atoms with E-state index in [9.17, 15) is 9.59 Å². The zero-order chi connectivity index (χ0) is 28.5. The molecule has 0 saturated carbocycles. The van der Waals surface area contributed by atoms with Crippen molar-refractivity contribution in [3.8, 4) is 0 Å². The minimum Gasteiger partial charge on any atom is -0.447 e. The average molecular weight is 587 g/mol. The van der Waals surface area contributed by atoms with Gasteiger partial charge in [-0.05, 0) is 18.9 Å². The van der Waals surface area contributed by atoms with E-state index in [1.54, 1.807) is 12.2 Å². The highest BCUT2D eigenvalue weighted by atomic mass is 35.5. The zero-order valence-electron chi connectivity index (χ0n) is 22.8. The molecular weight excluding hydrogens is 540 g/mol. The fraction of sp³-hybridized carbons (Fsp3) is 0.833. The van der Waals surface area contributed by atoms with Crippen molar-refractivity contribution < 1.29 is 47.9 Å². The van der Waals surface area contributed by atoms with Gasteiger partial charge in [0.15, 0.2) is 0 Å². The van der Waals surface area contributed by atoms with Gasteiger partial charge >= 0.3 is 12.2 Å². The molecule has 0 radical (unpaired) electrons. The number of hydrogen-bond acceptors (Lipinski definition) is 12. The minimum atomic E-state index is -0.690. The van der Waals surface area contributed by atoms with E-state index >= 15 is 0 Å². The molecule has 0 bridgehead atoms. The Bertz CT molecular complexity index is 579. The van der Waals surface area contributed by atoms with Crippen molar-refractivity contribution in [2.75, 3.05) is 105 Å². The van der Waals surface area contributed by atoms with Crippen molar-refractivity contribution in [1.29, 1.82) is 0 Å². The van der Waals surface area contributed by atoms with Crippen LogP contribution in [0.2, 0.25) is 0 Å². The number of rotatable bonds is 29. The summed E-state index contributed by atoms with van der Waals surface area (Å²) in [5, 5.41) is 5.66.